The van der Waals surface area contributed by atoms with Crippen molar-refractivity contribution in [2.24, 2.45) is 0 Å². The van der Waals surface area contributed by atoms with Crippen LogP contribution in [-0.2, 0) is 15.0 Å². The monoisotopic (exact) mass is 355 g/mol. The summed E-state index contributed by atoms with van der Waals surface area (Å²) in [7, 11) is 0. The second-order valence-electron chi connectivity index (χ2n) is 6.91. The molecule has 0 fully saturated rings. The Morgan fingerprint density at radius 3 is 1.92 bits per heavy atom. The molecule has 0 bridgehead atoms. The third-order valence-corrected chi connectivity index (χ3v) is 3.11. The molecule has 7 nitrogen and oxygen atoms in total. The summed E-state index contributed by atoms with van der Waals surface area (Å²) in [4.78, 5) is 18.2. The predicted molar refractivity (Wildman–Crippen MR) is 95.1 cm³/mol. The molecule has 25 heavy (non-hydrogen) atoms. The van der Waals surface area contributed by atoms with Crippen molar-refractivity contribution in [2.75, 3.05) is 13.2 Å². The van der Waals surface area contributed by atoms with Crippen molar-refractivity contribution in [3.05, 3.63) is 29.8 Å². The third-order valence-electron chi connectivity index (χ3n) is 3.11. The molecular weight excluding hydrogens is 326 g/mol. The average Bonchev–Trinajstić information content (AvgIpc) is 2.51. The first-order valence-electron chi connectivity index (χ1n) is 8.04. The number of hydrogen-bond acceptors (Lipinski definition) is 5. The lowest BCUT2D eigenvalue weighted by atomic mass is 9.87. The van der Waals surface area contributed by atoms with E-state index in [1.54, 1.807) is 0 Å². The van der Waals surface area contributed by atoms with E-state index in [2.05, 4.69) is 52.1 Å². The van der Waals surface area contributed by atoms with Gasteiger partial charge in [0, 0.05) is 12.6 Å². The maximum Gasteiger partial charge on any atom is 0.414 e. The number of aliphatic carboxylic acids is 2. The average molecular weight is 355 g/mol. The van der Waals surface area contributed by atoms with Crippen molar-refractivity contribution in [1.29, 1.82) is 0 Å². The maximum atomic E-state index is 9.76. The summed E-state index contributed by atoms with van der Waals surface area (Å²) in [5, 5.41) is 27.7. The van der Waals surface area contributed by atoms with Gasteiger partial charge < -0.3 is 25.4 Å². The topological polar surface area (TPSA) is 116 Å². The highest BCUT2D eigenvalue weighted by Gasteiger charge is 2.13. The SMILES string of the molecule is CC(C)NCC(O)COc1ccc(C(C)(C)C)cc1.O=C(O)C(=O)O. The Kier molecular flexibility index (Phi) is 9.78. The van der Waals surface area contributed by atoms with Crippen LogP contribution in [0.2, 0.25) is 0 Å². The van der Waals surface area contributed by atoms with Crippen LogP contribution in [0.25, 0.3) is 0 Å². The molecule has 4 N–H and O–H groups in total. The van der Waals surface area contributed by atoms with E-state index in [-0.39, 0.29) is 5.41 Å². The van der Waals surface area contributed by atoms with E-state index in [0.717, 1.165) is 5.75 Å². The van der Waals surface area contributed by atoms with Crippen LogP contribution < -0.4 is 10.1 Å². The molecule has 0 spiro atoms. The number of carbonyl (C=O) groups is 2. The molecule has 0 aromatic heterocycles. The number of carboxylic acids is 2. The minimum Gasteiger partial charge on any atom is -0.491 e. The number of ether oxygens (including phenoxy) is 1. The van der Waals surface area contributed by atoms with Gasteiger partial charge in [-0.2, -0.15) is 0 Å². The van der Waals surface area contributed by atoms with Gasteiger partial charge in [0.25, 0.3) is 0 Å². The minimum atomic E-state index is -1.82. The number of hydrogen-bond donors (Lipinski definition) is 4. The Morgan fingerprint density at radius 2 is 1.56 bits per heavy atom. The molecule has 7 heteroatoms. The smallest absolute Gasteiger partial charge is 0.414 e. The van der Waals surface area contributed by atoms with Gasteiger partial charge in [-0.05, 0) is 23.1 Å². The Hall–Kier alpha value is -2.12. The molecule has 1 unspecified atom stereocenters. The molecule has 1 rings (SSSR count). The zero-order chi connectivity index (χ0) is 19.6. The van der Waals surface area contributed by atoms with E-state index in [1.807, 2.05) is 12.1 Å². The summed E-state index contributed by atoms with van der Waals surface area (Å²) < 4.78 is 5.58. The number of aliphatic hydroxyl groups excluding tert-OH is 1. The summed E-state index contributed by atoms with van der Waals surface area (Å²) in [6.07, 6.45) is -0.482. The molecule has 0 amide bonds. The number of carboxylic acid groups (broad SMARTS) is 2. The molecule has 0 aliphatic heterocycles. The van der Waals surface area contributed by atoms with Gasteiger partial charge in [0.2, 0.25) is 0 Å². The van der Waals surface area contributed by atoms with Crippen LogP contribution in [0.4, 0.5) is 0 Å². The fourth-order valence-corrected chi connectivity index (χ4v) is 1.67. The van der Waals surface area contributed by atoms with Crippen LogP contribution in [0.5, 0.6) is 5.75 Å². The van der Waals surface area contributed by atoms with Gasteiger partial charge in [-0.1, -0.05) is 46.8 Å². The standard InChI is InChI=1S/C16H27NO2.C2H2O4/c1-12(2)17-10-14(18)11-19-15-8-6-13(7-9-15)16(3,4)5;3-1(4)2(5)6/h6-9,12,14,17-18H,10-11H2,1-5H3;(H,3,4)(H,5,6). The number of aliphatic hydroxyl groups is 1. The summed E-state index contributed by atoms with van der Waals surface area (Å²) in [6, 6.07) is 8.45. The van der Waals surface area contributed by atoms with E-state index in [9.17, 15) is 5.11 Å². The molecule has 1 aromatic carbocycles. The minimum absolute atomic E-state index is 0.152. The highest BCUT2D eigenvalue weighted by atomic mass is 16.5. The lowest BCUT2D eigenvalue weighted by Gasteiger charge is -2.19. The molecule has 0 radical (unpaired) electrons. The lowest BCUT2D eigenvalue weighted by molar-refractivity contribution is -0.159. The molecule has 0 saturated heterocycles. The van der Waals surface area contributed by atoms with Crippen LogP contribution in [0.15, 0.2) is 24.3 Å². The number of benzene rings is 1. The van der Waals surface area contributed by atoms with E-state index in [0.29, 0.717) is 19.2 Å². The van der Waals surface area contributed by atoms with E-state index in [1.165, 1.54) is 5.56 Å². The quantitative estimate of drug-likeness (QED) is 0.576. The lowest BCUT2D eigenvalue weighted by Crippen LogP contribution is -2.35. The third kappa shape index (κ3) is 11.1. The second-order valence-corrected chi connectivity index (χ2v) is 6.91. The molecule has 0 saturated carbocycles. The van der Waals surface area contributed by atoms with Crippen molar-refractivity contribution in [2.45, 2.75) is 52.2 Å². The normalized spacial score (nSPS) is 12.1. The first-order chi connectivity index (χ1) is 11.4. The molecule has 0 aliphatic carbocycles. The molecule has 0 aliphatic rings. The van der Waals surface area contributed by atoms with Crippen LogP contribution in [-0.4, -0.2) is 52.6 Å². The fourth-order valence-electron chi connectivity index (χ4n) is 1.67. The molecule has 0 heterocycles. The molecule has 1 atom stereocenters. The molecule has 1 aromatic rings. The summed E-state index contributed by atoms with van der Waals surface area (Å²) in [6.45, 7) is 11.5. The van der Waals surface area contributed by atoms with E-state index in [4.69, 9.17) is 24.5 Å². The van der Waals surface area contributed by atoms with Crippen LogP contribution in [0.1, 0.15) is 40.2 Å². The van der Waals surface area contributed by atoms with Gasteiger partial charge in [0.1, 0.15) is 18.5 Å². The number of nitrogens with one attached hydrogen (secondary N) is 1. The summed E-state index contributed by atoms with van der Waals surface area (Å²) in [5.74, 6) is -2.85. The predicted octanol–water partition coefficient (Wildman–Crippen LogP) is 1.88. The van der Waals surface area contributed by atoms with E-state index >= 15 is 0 Å². The Labute approximate surface area is 148 Å². The van der Waals surface area contributed by atoms with Gasteiger partial charge >= 0.3 is 11.9 Å². The van der Waals surface area contributed by atoms with Gasteiger partial charge in [-0.25, -0.2) is 9.59 Å². The van der Waals surface area contributed by atoms with E-state index < -0.39 is 18.0 Å². The zero-order valence-electron chi connectivity index (χ0n) is 15.4. The zero-order valence-corrected chi connectivity index (χ0v) is 15.4. The van der Waals surface area contributed by atoms with Crippen molar-refractivity contribution in [1.82, 2.24) is 5.32 Å². The fraction of sp³-hybridized carbons (Fsp3) is 0.556. The van der Waals surface area contributed by atoms with Crippen LogP contribution >= 0.6 is 0 Å². The number of rotatable bonds is 6. The maximum absolute atomic E-state index is 9.76. The Balaban J connectivity index is 0.000000823. The van der Waals surface area contributed by atoms with Crippen molar-refractivity contribution in [3.8, 4) is 5.75 Å². The van der Waals surface area contributed by atoms with Gasteiger partial charge in [0.05, 0.1) is 0 Å². The molecular formula is C18H29NO6. The largest absolute Gasteiger partial charge is 0.491 e. The van der Waals surface area contributed by atoms with Crippen LogP contribution in [0, 0.1) is 0 Å². The first-order valence-corrected chi connectivity index (χ1v) is 8.04. The Bertz CT molecular complexity index is 521. The second kappa shape index (κ2) is 10.7. The van der Waals surface area contributed by atoms with Gasteiger partial charge in [-0.3, -0.25) is 0 Å². The van der Waals surface area contributed by atoms with Crippen molar-refractivity contribution in [3.63, 3.8) is 0 Å². The summed E-state index contributed by atoms with van der Waals surface area (Å²) >= 11 is 0. The summed E-state index contributed by atoms with van der Waals surface area (Å²) in [5.41, 5.74) is 1.43. The van der Waals surface area contributed by atoms with Crippen molar-refractivity contribution >= 4 is 11.9 Å². The van der Waals surface area contributed by atoms with Crippen molar-refractivity contribution < 1.29 is 29.6 Å². The van der Waals surface area contributed by atoms with Gasteiger partial charge in [0.15, 0.2) is 0 Å². The highest BCUT2D eigenvalue weighted by Crippen LogP contribution is 2.24. The highest BCUT2D eigenvalue weighted by molar-refractivity contribution is 6.27. The van der Waals surface area contributed by atoms with Crippen LogP contribution in [0.3, 0.4) is 0 Å². The van der Waals surface area contributed by atoms with Gasteiger partial charge in [-0.15, -0.1) is 0 Å². The Morgan fingerprint density at radius 1 is 1.08 bits per heavy atom. The molecule has 142 valence electrons. The first kappa shape index (κ1) is 22.9.